The lowest BCUT2D eigenvalue weighted by Gasteiger charge is -2.71. The van der Waals surface area contributed by atoms with Gasteiger partial charge in [0, 0.05) is 0 Å². The fourth-order valence-electron chi connectivity index (χ4n) is 16.2. The van der Waals surface area contributed by atoms with Crippen LogP contribution in [0.2, 0.25) is 0 Å². The van der Waals surface area contributed by atoms with Gasteiger partial charge in [-0.1, -0.05) is 60.1 Å². The van der Waals surface area contributed by atoms with Gasteiger partial charge in [0.25, 0.3) is 0 Å². The van der Waals surface area contributed by atoms with Gasteiger partial charge in [-0.15, -0.1) is 0 Å². The smallest absolute Gasteiger partial charge is 0.317 e. The molecule has 4 saturated carbocycles. The number of ether oxygens (including phenoxy) is 8. The number of esters is 1. The number of aliphatic hydroxyl groups is 12. The summed E-state index contributed by atoms with van der Waals surface area (Å²) in [5, 5.41) is 131. The van der Waals surface area contributed by atoms with Gasteiger partial charge in [0.1, 0.15) is 78.7 Å². The topological polar surface area (TPSA) is 334 Å². The van der Waals surface area contributed by atoms with Crippen molar-refractivity contribution < 1.29 is 104 Å². The number of aliphatic hydroxyl groups excluding tert-OH is 12. The van der Waals surface area contributed by atoms with Crippen molar-refractivity contribution in [1.29, 1.82) is 0 Å². The molecule has 0 aromatic heterocycles. The molecular formula is C53H86O21. The Bertz CT molecular complexity index is 2060. The number of rotatable bonds is 9. The molecule has 21 heteroatoms. The van der Waals surface area contributed by atoms with E-state index in [2.05, 4.69) is 54.5 Å². The van der Waals surface area contributed by atoms with Gasteiger partial charge in [-0.2, -0.15) is 0 Å². The Morgan fingerprint density at radius 3 is 1.81 bits per heavy atom. The van der Waals surface area contributed by atoms with Crippen LogP contribution in [0.1, 0.15) is 120 Å². The number of allylic oxidation sites excluding steroid dienone is 2. The predicted octanol–water partition coefficient (Wildman–Crippen LogP) is -0.370. The van der Waals surface area contributed by atoms with Gasteiger partial charge in [0.15, 0.2) is 25.0 Å². The summed E-state index contributed by atoms with van der Waals surface area (Å²) in [5.41, 5.74) is -2.24. The third-order valence-corrected chi connectivity index (χ3v) is 21.0. The van der Waals surface area contributed by atoms with E-state index in [0.717, 1.165) is 24.8 Å². The summed E-state index contributed by atoms with van der Waals surface area (Å²) >= 11 is 0. The lowest BCUT2D eigenvalue weighted by Crippen LogP contribution is -2.68. The van der Waals surface area contributed by atoms with E-state index in [0.29, 0.717) is 32.1 Å². The van der Waals surface area contributed by atoms with Crippen molar-refractivity contribution in [3.8, 4) is 0 Å². The molecule has 0 aromatic carbocycles. The molecule has 28 atom stereocenters. The second-order valence-corrected chi connectivity index (χ2v) is 25.9. The minimum atomic E-state index is -1.76. The van der Waals surface area contributed by atoms with Crippen molar-refractivity contribution in [2.24, 2.45) is 50.2 Å². The molecule has 0 unspecified atom stereocenters. The first-order chi connectivity index (χ1) is 34.5. The van der Waals surface area contributed by atoms with Crippen molar-refractivity contribution >= 4 is 5.97 Å². The van der Waals surface area contributed by atoms with Crippen LogP contribution in [-0.4, -0.2) is 209 Å². The van der Waals surface area contributed by atoms with E-state index in [-0.39, 0.29) is 34.5 Å². The molecule has 21 nitrogen and oxygen atoms in total. The lowest BCUT2D eigenvalue weighted by atomic mass is 9.33. The van der Waals surface area contributed by atoms with Crippen LogP contribution in [0.15, 0.2) is 11.6 Å². The largest absolute Gasteiger partial charge is 0.432 e. The highest BCUT2D eigenvalue weighted by Crippen LogP contribution is 2.76. The molecule has 4 saturated heterocycles. The van der Waals surface area contributed by atoms with Gasteiger partial charge in [0.2, 0.25) is 6.29 Å². The zero-order valence-corrected chi connectivity index (χ0v) is 44.3. The summed E-state index contributed by atoms with van der Waals surface area (Å²) in [7, 11) is 0. The summed E-state index contributed by atoms with van der Waals surface area (Å²) in [6.45, 7) is 17.5. The third kappa shape index (κ3) is 8.99. The van der Waals surface area contributed by atoms with Gasteiger partial charge in [-0.3, -0.25) is 4.79 Å². The maximum absolute atomic E-state index is 15.2. The molecule has 9 rings (SSSR count). The monoisotopic (exact) mass is 1060 g/mol. The van der Waals surface area contributed by atoms with Crippen LogP contribution in [0.3, 0.4) is 0 Å². The molecule has 0 radical (unpaired) electrons. The van der Waals surface area contributed by atoms with E-state index in [1.807, 2.05) is 0 Å². The van der Waals surface area contributed by atoms with Crippen molar-refractivity contribution in [3.63, 3.8) is 0 Å². The summed E-state index contributed by atoms with van der Waals surface area (Å²) in [6.07, 6.45) is -22.2. The predicted molar refractivity (Wildman–Crippen MR) is 255 cm³/mol. The van der Waals surface area contributed by atoms with Crippen molar-refractivity contribution in [3.05, 3.63) is 11.6 Å². The maximum Gasteiger partial charge on any atom is 0.317 e. The summed E-state index contributed by atoms with van der Waals surface area (Å²) < 4.78 is 48.4. The Morgan fingerprint density at radius 1 is 0.622 bits per heavy atom. The summed E-state index contributed by atoms with van der Waals surface area (Å²) in [4.78, 5) is 15.2. The van der Waals surface area contributed by atoms with E-state index in [4.69, 9.17) is 37.9 Å². The molecule has 0 aromatic rings. The first-order valence-corrected chi connectivity index (χ1v) is 27.0. The van der Waals surface area contributed by atoms with Gasteiger partial charge in [-0.05, 0) is 116 Å². The zero-order valence-electron chi connectivity index (χ0n) is 44.3. The van der Waals surface area contributed by atoms with Crippen LogP contribution >= 0.6 is 0 Å². The molecule has 5 aliphatic carbocycles. The van der Waals surface area contributed by atoms with Crippen molar-refractivity contribution in [1.82, 2.24) is 0 Å². The lowest BCUT2D eigenvalue weighted by molar-refractivity contribution is -0.376. The van der Waals surface area contributed by atoms with E-state index < -0.39 is 170 Å². The number of hydrogen-bond acceptors (Lipinski definition) is 21. The molecule has 424 valence electrons. The second-order valence-electron chi connectivity index (χ2n) is 25.9. The van der Waals surface area contributed by atoms with Crippen LogP contribution in [-0.2, 0) is 42.7 Å². The average Bonchev–Trinajstić information content (AvgIpc) is 3.34. The quantitative estimate of drug-likeness (QED) is 0.0796. The van der Waals surface area contributed by atoms with Crippen molar-refractivity contribution in [2.45, 2.75) is 249 Å². The average molecular weight is 1060 g/mol. The Hall–Kier alpha value is -1.55. The number of carbonyl (C=O) groups is 1. The first kappa shape index (κ1) is 57.1. The van der Waals surface area contributed by atoms with Gasteiger partial charge in [0.05, 0.1) is 37.6 Å². The highest BCUT2D eigenvalue weighted by molar-refractivity contribution is 5.80. The molecule has 8 fully saturated rings. The van der Waals surface area contributed by atoms with Crippen molar-refractivity contribution in [2.75, 3.05) is 13.2 Å². The molecule has 9 aliphatic rings. The highest BCUT2D eigenvalue weighted by atomic mass is 16.8. The van der Waals surface area contributed by atoms with Crippen LogP contribution < -0.4 is 0 Å². The summed E-state index contributed by atoms with van der Waals surface area (Å²) in [6, 6.07) is 0. The summed E-state index contributed by atoms with van der Waals surface area (Å²) in [5.74, 6) is -0.970. The van der Waals surface area contributed by atoms with Crippen LogP contribution in [0.5, 0.6) is 0 Å². The Morgan fingerprint density at radius 2 is 1.22 bits per heavy atom. The normalized spacial score (nSPS) is 55.1. The molecule has 4 heterocycles. The SMILES string of the molecule is C[C@@H]1O[C@@H](O[C@H]2[C@H](OC(=O)[C@]34CCC(C)(C)C[C@H]3C3=CC[C@@H]5[C@@]6(C)CC[C@H](O[C@@H]7O[C@H](CO)[C@@H](O)[C@H](O)[C@H]7O[C@@H]7O[C@@H](C)[C@H](O)[C@@H](O)[C@H]7O)C(C)(C)[C@@H]6CC[C@@]5(C)[C@]3(C)C[C@H]4O)OC[C@H](O)[C@@H]2O)[C@H](O)[C@H](O)[C@H]1O. The van der Waals surface area contributed by atoms with Crippen LogP contribution in [0.4, 0.5) is 0 Å². The molecule has 4 aliphatic heterocycles. The molecule has 0 amide bonds. The standard InChI is InChI=1S/C53H86O21/c1-22-32(57)36(61)39(64)43(68-22)72-41-34(59)26(55)21-67-45(41)74-47(66)53-17-16-48(3,4)18-25(53)24-10-11-29-50(7)14-13-31(49(5,6)28(50)12-15-51(29,8)52(24,9)19-30(53)56)71-46-42(38(63)35(60)27(20-54)70-46)73-44-40(65)37(62)33(58)23(2)69-44/h10,22-23,25-46,54-65H,11-21H2,1-9H3/t22-,23-,25-,26-,27+,28-,29+,30+,31-,32-,33-,34-,35+,36+,37+,38-,39+,40+,41+,42+,43-,44-,45-,46-,50-,51+,52+,53+/m0/s1. The van der Waals surface area contributed by atoms with E-state index in [1.165, 1.54) is 13.8 Å². The third-order valence-electron chi connectivity index (χ3n) is 21.0. The fourth-order valence-corrected chi connectivity index (χ4v) is 16.2. The Balaban J connectivity index is 0.970. The number of hydrogen-bond donors (Lipinski definition) is 12. The van der Waals surface area contributed by atoms with E-state index in [1.54, 1.807) is 0 Å². The highest BCUT2D eigenvalue weighted by Gasteiger charge is 2.72. The molecule has 0 bridgehead atoms. The number of fused-ring (bicyclic) bond motifs is 7. The van der Waals surface area contributed by atoms with E-state index >= 15 is 4.79 Å². The van der Waals surface area contributed by atoms with Crippen LogP contribution in [0, 0.1) is 50.2 Å². The molecule has 74 heavy (non-hydrogen) atoms. The second kappa shape index (κ2) is 20.2. The minimum Gasteiger partial charge on any atom is -0.432 e. The van der Waals surface area contributed by atoms with E-state index in [9.17, 15) is 61.3 Å². The zero-order chi connectivity index (χ0) is 54.2. The van der Waals surface area contributed by atoms with Gasteiger partial charge >= 0.3 is 5.97 Å². The Labute approximate surface area is 433 Å². The molecular weight excluding hydrogens is 973 g/mol. The fraction of sp³-hybridized carbons (Fsp3) is 0.943. The molecule has 0 spiro atoms. The Kier molecular flexibility index (Phi) is 15.6. The minimum absolute atomic E-state index is 0.0888. The maximum atomic E-state index is 15.2. The van der Waals surface area contributed by atoms with Gasteiger partial charge < -0.3 is 99.2 Å². The number of carbonyl (C=O) groups excluding carboxylic acids is 1. The molecule has 12 N–H and O–H groups in total. The van der Waals surface area contributed by atoms with Gasteiger partial charge in [-0.25, -0.2) is 0 Å². The van der Waals surface area contributed by atoms with Crippen LogP contribution in [0.25, 0.3) is 0 Å². The first-order valence-electron chi connectivity index (χ1n) is 27.0.